The molecule has 0 aliphatic heterocycles. The fraction of sp³-hybridized carbons (Fsp3) is 0.583. The Bertz CT molecular complexity index is 525. The Balaban J connectivity index is 2.42. The van der Waals surface area contributed by atoms with E-state index in [1.165, 1.54) is 6.07 Å². The first-order valence-corrected chi connectivity index (χ1v) is 9.28. The van der Waals surface area contributed by atoms with Crippen molar-refractivity contribution in [2.75, 3.05) is 6.54 Å². The molecule has 0 aliphatic carbocycles. The summed E-state index contributed by atoms with van der Waals surface area (Å²) in [5, 5.41) is 2.85. The molecule has 0 saturated carbocycles. The summed E-state index contributed by atoms with van der Waals surface area (Å²) < 4.78 is 22.3. The lowest BCUT2D eigenvalue weighted by molar-refractivity contribution is -0.124. The van der Waals surface area contributed by atoms with E-state index in [0.717, 1.165) is 29.1 Å². The van der Waals surface area contributed by atoms with Crippen LogP contribution in [-0.2, 0) is 20.3 Å². The minimum atomic E-state index is -3.64. The number of rotatable bonds is 7. The molecule has 0 fully saturated rings. The van der Waals surface area contributed by atoms with Gasteiger partial charge < -0.3 is 5.32 Å². The lowest BCUT2D eigenvalue weighted by Gasteiger charge is -2.10. The normalized spacial score (nSPS) is 13.2. The smallest absolute Gasteiger partial charge is 0.270 e. The van der Waals surface area contributed by atoms with Crippen LogP contribution in [0.3, 0.4) is 0 Å². The zero-order valence-corrected chi connectivity index (χ0v) is 13.4. The number of halogens is 1. The van der Waals surface area contributed by atoms with Crippen LogP contribution >= 0.6 is 22.0 Å². The van der Waals surface area contributed by atoms with Gasteiger partial charge in [0.1, 0.15) is 4.21 Å². The van der Waals surface area contributed by atoms with Gasteiger partial charge in [-0.2, -0.15) is 0 Å². The van der Waals surface area contributed by atoms with Crippen molar-refractivity contribution in [2.24, 2.45) is 5.92 Å². The van der Waals surface area contributed by atoms with Gasteiger partial charge in [0.2, 0.25) is 5.91 Å². The number of carbonyl (C=O) groups excluding carboxylic acids is 1. The van der Waals surface area contributed by atoms with E-state index in [-0.39, 0.29) is 16.0 Å². The number of amides is 1. The molecule has 1 aromatic heterocycles. The minimum absolute atomic E-state index is 0.0205. The first-order valence-electron chi connectivity index (χ1n) is 6.15. The standard InChI is InChI=1S/C12H18ClNO3S2/c1-3-4-9(2)12(15)14-8-7-10-5-6-11(18-10)19(13,16)17/h5-6,9H,3-4,7-8H2,1-2H3,(H,14,15). The fourth-order valence-electron chi connectivity index (χ4n) is 1.67. The highest BCUT2D eigenvalue weighted by Gasteiger charge is 2.14. The van der Waals surface area contributed by atoms with E-state index < -0.39 is 9.05 Å². The van der Waals surface area contributed by atoms with Crippen molar-refractivity contribution in [3.63, 3.8) is 0 Å². The summed E-state index contributed by atoms with van der Waals surface area (Å²) in [5.41, 5.74) is 0. The van der Waals surface area contributed by atoms with Crippen LogP contribution in [-0.4, -0.2) is 20.9 Å². The summed E-state index contributed by atoms with van der Waals surface area (Å²) in [7, 11) is 1.60. The SMILES string of the molecule is CCCC(C)C(=O)NCCc1ccc(S(=O)(=O)Cl)s1. The van der Waals surface area contributed by atoms with Gasteiger partial charge in [-0.05, 0) is 25.0 Å². The molecule has 1 heterocycles. The summed E-state index contributed by atoms with van der Waals surface area (Å²) in [5.74, 6) is 0.0655. The van der Waals surface area contributed by atoms with Gasteiger partial charge in [0.15, 0.2) is 0 Å². The van der Waals surface area contributed by atoms with Crippen molar-refractivity contribution in [3.05, 3.63) is 17.0 Å². The second-order valence-electron chi connectivity index (χ2n) is 4.39. The van der Waals surface area contributed by atoms with E-state index in [2.05, 4.69) is 5.32 Å². The Morgan fingerprint density at radius 2 is 2.16 bits per heavy atom. The van der Waals surface area contributed by atoms with Gasteiger partial charge in [-0.1, -0.05) is 20.3 Å². The van der Waals surface area contributed by atoms with Crippen LogP contribution in [0, 0.1) is 5.92 Å². The van der Waals surface area contributed by atoms with Crippen LogP contribution < -0.4 is 5.32 Å². The van der Waals surface area contributed by atoms with E-state index in [1.807, 2.05) is 13.8 Å². The molecule has 0 aromatic carbocycles. The zero-order valence-electron chi connectivity index (χ0n) is 11.0. The van der Waals surface area contributed by atoms with Gasteiger partial charge in [0.25, 0.3) is 9.05 Å². The van der Waals surface area contributed by atoms with Crippen LogP contribution in [0.1, 0.15) is 31.6 Å². The molecule has 1 aromatic rings. The Morgan fingerprint density at radius 1 is 1.47 bits per heavy atom. The molecule has 1 N–H and O–H groups in total. The summed E-state index contributed by atoms with van der Waals surface area (Å²) in [6.45, 7) is 4.46. The Hall–Kier alpha value is -0.590. The van der Waals surface area contributed by atoms with E-state index in [1.54, 1.807) is 6.07 Å². The molecule has 1 atom stereocenters. The molecule has 0 bridgehead atoms. The summed E-state index contributed by atoms with van der Waals surface area (Å²) in [4.78, 5) is 12.6. The minimum Gasteiger partial charge on any atom is -0.356 e. The Morgan fingerprint density at radius 3 is 2.68 bits per heavy atom. The Kier molecular flexibility index (Phi) is 6.29. The van der Waals surface area contributed by atoms with Gasteiger partial charge >= 0.3 is 0 Å². The lowest BCUT2D eigenvalue weighted by atomic mass is 10.1. The topological polar surface area (TPSA) is 63.2 Å². The third-order valence-corrected chi connectivity index (χ3v) is 5.96. The highest BCUT2D eigenvalue weighted by atomic mass is 35.7. The van der Waals surface area contributed by atoms with Crippen LogP contribution in [0.4, 0.5) is 0 Å². The molecule has 0 radical (unpaired) electrons. The molecule has 1 rings (SSSR count). The van der Waals surface area contributed by atoms with Gasteiger partial charge in [-0.15, -0.1) is 11.3 Å². The third-order valence-electron chi connectivity index (χ3n) is 2.72. The van der Waals surface area contributed by atoms with E-state index in [9.17, 15) is 13.2 Å². The lowest BCUT2D eigenvalue weighted by Crippen LogP contribution is -2.30. The predicted octanol–water partition coefficient (Wildman–Crippen LogP) is 2.77. The quantitative estimate of drug-likeness (QED) is 0.785. The van der Waals surface area contributed by atoms with Gasteiger partial charge in [0, 0.05) is 28.0 Å². The zero-order chi connectivity index (χ0) is 14.5. The van der Waals surface area contributed by atoms with Crippen molar-refractivity contribution in [1.29, 1.82) is 0 Å². The monoisotopic (exact) mass is 323 g/mol. The maximum absolute atomic E-state index is 11.7. The molecule has 1 amide bonds. The molecule has 108 valence electrons. The largest absolute Gasteiger partial charge is 0.356 e. The maximum Gasteiger partial charge on any atom is 0.270 e. The van der Waals surface area contributed by atoms with Crippen molar-refractivity contribution in [2.45, 2.75) is 37.3 Å². The molecular formula is C12H18ClNO3S2. The first-order chi connectivity index (χ1) is 8.84. The van der Waals surface area contributed by atoms with Gasteiger partial charge in [0.05, 0.1) is 0 Å². The Labute approximate surface area is 122 Å². The average Bonchev–Trinajstić information content (AvgIpc) is 2.77. The van der Waals surface area contributed by atoms with Crippen LogP contribution in [0.5, 0.6) is 0 Å². The predicted molar refractivity (Wildman–Crippen MR) is 78.1 cm³/mol. The van der Waals surface area contributed by atoms with Crippen LogP contribution in [0.25, 0.3) is 0 Å². The van der Waals surface area contributed by atoms with Crippen molar-refractivity contribution in [3.8, 4) is 0 Å². The highest BCUT2D eigenvalue weighted by molar-refractivity contribution is 8.15. The van der Waals surface area contributed by atoms with Crippen molar-refractivity contribution >= 4 is 37.0 Å². The molecule has 0 spiro atoms. The summed E-state index contributed by atoms with van der Waals surface area (Å²) in [6.07, 6.45) is 2.47. The second-order valence-corrected chi connectivity index (χ2v) is 8.35. The molecule has 0 aliphatic rings. The summed E-state index contributed by atoms with van der Waals surface area (Å²) in [6, 6.07) is 3.21. The van der Waals surface area contributed by atoms with E-state index in [0.29, 0.717) is 13.0 Å². The maximum atomic E-state index is 11.7. The van der Waals surface area contributed by atoms with Crippen molar-refractivity contribution < 1.29 is 13.2 Å². The van der Waals surface area contributed by atoms with E-state index >= 15 is 0 Å². The number of nitrogens with one attached hydrogen (secondary N) is 1. The number of hydrogen-bond donors (Lipinski definition) is 1. The van der Waals surface area contributed by atoms with Gasteiger partial charge in [-0.25, -0.2) is 8.42 Å². The third kappa shape index (κ3) is 5.50. The number of carbonyl (C=O) groups is 1. The van der Waals surface area contributed by atoms with Crippen LogP contribution in [0.15, 0.2) is 16.3 Å². The molecule has 0 saturated heterocycles. The molecule has 19 heavy (non-hydrogen) atoms. The average molecular weight is 324 g/mol. The van der Waals surface area contributed by atoms with Gasteiger partial charge in [-0.3, -0.25) is 4.79 Å². The molecule has 4 nitrogen and oxygen atoms in total. The van der Waals surface area contributed by atoms with Crippen LogP contribution in [0.2, 0.25) is 0 Å². The second kappa shape index (κ2) is 7.26. The molecule has 7 heteroatoms. The molecule has 1 unspecified atom stereocenters. The number of hydrogen-bond acceptors (Lipinski definition) is 4. The first kappa shape index (κ1) is 16.5. The summed E-state index contributed by atoms with van der Waals surface area (Å²) >= 11 is 1.14. The van der Waals surface area contributed by atoms with Crippen molar-refractivity contribution in [1.82, 2.24) is 5.32 Å². The number of thiophene rings is 1. The fourth-order valence-corrected chi connectivity index (χ4v) is 3.79. The molecular weight excluding hydrogens is 306 g/mol. The highest BCUT2D eigenvalue weighted by Crippen LogP contribution is 2.24. The van der Waals surface area contributed by atoms with E-state index in [4.69, 9.17) is 10.7 Å².